The summed E-state index contributed by atoms with van der Waals surface area (Å²) in [7, 11) is -0.443. The molecule has 0 atom stereocenters. The second-order valence-electron chi connectivity index (χ2n) is 8.90. The second kappa shape index (κ2) is 14.0. The van der Waals surface area contributed by atoms with Crippen LogP contribution in [0.25, 0.3) is 22.3 Å². The first kappa shape index (κ1) is 28.5. The van der Waals surface area contributed by atoms with Crippen LogP contribution in [0.4, 0.5) is 0 Å². The van der Waals surface area contributed by atoms with Crippen LogP contribution in [0.5, 0.6) is 5.75 Å². The minimum atomic E-state index is -2.64. The van der Waals surface area contributed by atoms with E-state index in [1.165, 1.54) is 55.4 Å². The third kappa shape index (κ3) is 6.67. The Balaban J connectivity index is 0.00000408. The van der Waals surface area contributed by atoms with E-state index >= 15 is 0 Å². The van der Waals surface area contributed by atoms with Gasteiger partial charge in [0.15, 0.2) is 0 Å². The van der Waals surface area contributed by atoms with Crippen molar-refractivity contribution in [1.82, 2.24) is 16.1 Å². The molecule has 0 spiro atoms. The third-order valence-corrected chi connectivity index (χ3v) is 22.5. The van der Waals surface area contributed by atoms with Gasteiger partial charge in [-0.3, -0.25) is 0 Å². The van der Waals surface area contributed by atoms with Crippen LogP contribution < -0.4 is 19.8 Å². The van der Waals surface area contributed by atoms with Gasteiger partial charge >= 0.3 is 203 Å². The first-order chi connectivity index (χ1) is 16.1. The predicted molar refractivity (Wildman–Crippen MR) is 146 cm³/mol. The van der Waals surface area contributed by atoms with Gasteiger partial charge in [0, 0.05) is 0 Å². The molecular weight excluding hydrogens is 552 g/mol. The van der Waals surface area contributed by atoms with E-state index in [4.69, 9.17) is 9.51 Å². The number of hydrogen-bond donors (Lipinski definition) is 2. The summed E-state index contributed by atoms with van der Waals surface area (Å²) < 4.78 is 21.7. The Morgan fingerprint density at radius 1 is 0.941 bits per heavy atom. The maximum Gasteiger partial charge on any atom is -0.344 e. The number of nitrogens with one attached hydrogen (secondary N) is 1. The van der Waals surface area contributed by atoms with Crippen LogP contribution in [0, 0.1) is 0 Å². The van der Waals surface area contributed by atoms with E-state index in [1.54, 1.807) is 18.2 Å². The molecule has 0 aliphatic rings. The smallest absolute Gasteiger partial charge is 0.344 e. The van der Waals surface area contributed by atoms with Gasteiger partial charge < -0.3 is 6.15 Å². The second-order valence-corrected chi connectivity index (χ2v) is 22.5. The van der Waals surface area contributed by atoms with Crippen molar-refractivity contribution in [2.24, 2.45) is 0 Å². The predicted octanol–water partition coefficient (Wildman–Crippen LogP) is 7.39. The maximum atomic E-state index is 13.2. The van der Waals surface area contributed by atoms with Crippen LogP contribution in [-0.4, -0.2) is 28.3 Å². The summed E-state index contributed by atoms with van der Waals surface area (Å²) >= 11 is -2.64. The SMILES string of the molecule is CCC[CH2][Sn]([CH2]CCC)([CH2]CCC)[c]1ccc2nc(-c3ccccc3OP=O)[nH]c(=O)c2c1.N. The van der Waals surface area contributed by atoms with Gasteiger partial charge in [-0.2, -0.15) is 0 Å². The molecule has 0 aliphatic heterocycles. The van der Waals surface area contributed by atoms with Crippen molar-refractivity contribution < 1.29 is 9.09 Å². The number of nitrogens with zero attached hydrogens (tertiary/aromatic N) is 1. The van der Waals surface area contributed by atoms with Crippen LogP contribution in [-0.2, 0) is 4.57 Å². The standard InChI is InChI=1S/C14H8N2O3P.3C4H9.H3N.Sn/c17-14-9-5-1-3-7-11(9)15-13(16-14)10-6-2-4-8-12(10)19-20-18;3*1-3-4-2;;/h2-8H,(H,15,16,17);3*1,3-4H2,2H3;1H3;. The molecule has 3 aromatic rings. The molecule has 184 valence electrons. The summed E-state index contributed by atoms with van der Waals surface area (Å²) in [5.74, 6) is 0.847. The summed E-state index contributed by atoms with van der Waals surface area (Å²) in [5, 5.41) is 0.669. The number of para-hydroxylation sites is 1. The zero-order valence-corrected chi connectivity index (χ0v) is 24.5. The Morgan fingerprint density at radius 3 is 2.15 bits per heavy atom. The van der Waals surface area contributed by atoms with Crippen LogP contribution in [0.1, 0.15) is 59.3 Å². The van der Waals surface area contributed by atoms with Crippen molar-refractivity contribution >= 4 is 41.5 Å². The molecule has 0 aliphatic carbocycles. The molecule has 0 bridgehead atoms. The fourth-order valence-corrected chi connectivity index (χ4v) is 20.9. The molecule has 0 saturated heterocycles. The van der Waals surface area contributed by atoms with Gasteiger partial charge in [0.05, 0.1) is 0 Å². The molecule has 4 N–H and O–H groups in total. The molecule has 2 aromatic carbocycles. The normalized spacial score (nSPS) is 11.5. The topological polar surface area (TPSA) is 107 Å². The molecule has 6 nitrogen and oxygen atoms in total. The summed E-state index contributed by atoms with van der Waals surface area (Å²) in [6.07, 6.45) is 7.52. The summed E-state index contributed by atoms with van der Waals surface area (Å²) in [5.41, 5.74) is 1.17. The van der Waals surface area contributed by atoms with Crippen molar-refractivity contribution in [3.05, 3.63) is 52.8 Å². The molecule has 1 heterocycles. The van der Waals surface area contributed by atoms with E-state index in [-0.39, 0.29) is 11.7 Å². The molecule has 8 heteroatoms. The van der Waals surface area contributed by atoms with Gasteiger partial charge in [-0.15, -0.1) is 0 Å². The van der Waals surface area contributed by atoms with Crippen LogP contribution >= 0.6 is 8.69 Å². The average Bonchev–Trinajstić information content (AvgIpc) is 2.84. The minimum absolute atomic E-state index is 0. The number of rotatable bonds is 13. The van der Waals surface area contributed by atoms with Crippen molar-refractivity contribution in [2.75, 3.05) is 0 Å². The third-order valence-electron chi connectivity index (χ3n) is 6.62. The Labute approximate surface area is 208 Å². The van der Waals surface area contributed by atoms with Gasteiger partial charge in [0.1, 0.15) is 0 Å². The summed E-state index contributed by atoms with van der Waals surface area (Å²) in [4.78, 5) is 20.9. The van der Waals surface area contributed by atoms with Crippen molar-refractivity contribution in [3.63, 3.8) is 0 Å². The van der Waals surface area contributed by atoms with E-state index < -0.39 is 27.1 Å². The maximum absolute atomic E-state index is 13.2. The molecule has 0 fully saturated rings. The summed E-state index contributed by atoms with van der Waals surface area (Å²) in [6, 6.07) is 13.6. The Morgan fingerprint density at radius 2 is 1.56 bits per heavy atom. The van der Waals surface area contributed by atoms with E-state index in [9.17, 15) is 9.36 Å². The molecule has 1 aromatic heterocycles. The molecule has 0 amide bonds. The number of unbranched alkanes of at least 4 members (excludes halogenated alkanes) is 3. The van der Waals surface area contributed by atoms with Crippen molar-refractivity contribution in [1.29, 1.82) is 0 Å². The minimum Gasteiger partial charge on any atom is -0.344 e. The molecule has 0 unspecified atom stereocenters. The molecule has 0 radical (unpaired) electrons. The monoisotopic (exact) mass is 591 g/mol. The number of aromatic nitrogens is 2. The van der Waals surface area contributed by atoms with E-state index in [0.29, 0.717) is 28.0 Å². The van der Waals surface area contributed by atoms with E-state index in [1.807, 2.05) is 12.1 Å². The van der Waals surface area contributed by atoms with Gasteiger partial charge in [-0.05, 0) is 0 Å². The number of fused-ring (bicyclic) bond motifs is 1. The van der Waals surface area contributed by atoms with Crippen LogP contribution in [0.3, 0.4) is 0 Å². The van der Waals surface area contributed by atoms with Crippen molar-refractivity contribution in [3.8, 4) is 17.1 Å². The number of benzene rings is 2. The molecule has 34 heavy (non-hydrogen) atoms. The first-order valence-corrected chi connectivity index (χ1v) is 20.4. The molecule has 3 rings (SSSR count). The fourth-order valence-electron chi connectivity index (χ4n) is 4.73. The zero-order chi connectivity index (χ0) is 23.7. The van der Waals surface area contributed by atoms with Crippen LogP contribution in [0.15, 0.2) is 47.3 Å². The first-order valence-electron chi connectivity index (χ1n) is 12.2. The van der Waals surface area contributed by atoms with Crippen LogP contribution in [0.2, 0.25) is 13.3 Å². The zero-order valence-electron chi connectivity index (χ0n) is 20.7. The molecule has 0 saturated carbocycles. The largest absolute Gasteiger partial charge is 0.344 e. The van der Waals surface area contributed by atoms with Gasteiger partial charge in [-0.1, -0.05) is 0 Å². The quantitative estimate of drug-likeness (QED) is 0.160. The fraction of sp³-hybridized carbons (Fsp3) is 0.462. The Kier molecular flexibility index (Phi) is 11.7. The van der Waals surface area contributed by atoms with Gasteiger partial charge in [0.2, 0.25) is 0 Å². The number of hydrogen-bond acceptors (Lipinski definition) is 5. The Bertz CT molecular complexity index is 1110. The van der Waals surface area contributed by atoms with Crippen molar-refractivity contribution in [2.45, 2.75) is 72.6 Å². The Hall–Kier alpha value is -1.76. The average molecular weight is 590 g/mol. The number of H-pyrrole nitrogens is 1. The summed E-state index contributed by atoms with van der Waals surface area (Å²) in [6.45, 7) is 6.84. The van der Waals surface area contributed by atoms with E-state index in [0.717, 1.165) is 0 Å². The van der Waals surface area contributed by atoms with Gasteiger partial charge in [-0.25, -0.2) is 0 Å². The number of aromatic amines is 1. The van der Waals surface area contributed by atoms with Gasteiger partial charge in [0.25, 0.3) is 0 Å². The van der Waals surface area contributed by atoms with E-state index in [2.05, 4.69) is 37.9 Å². The molecular formula is C26H38N3O3PSn.